The fraction of sp³-hybridized carbons (Fsp3) is 0.500. The van der Waals surface area contributed by atoms with Gasteiger partial charge < -0.3 is 25.4 Å². The number of ether oxygens (including phenoxy) is 1. The van der Waals surface area contributed by atoms with E-state index in [0.29, 0.717) is 24.4 Å². The first kappa shape index (κ1) is 22.7. The minimum atomic E-state index is -1.15. The first-order valence-electron chi connectivity index (χ1n) is 11.7. The number of aliphatic hydroxyl groups is 1. The van der Waals surface area contributed by atoms with E-state index in [9.17, 15) is 19.5 Å². The maximum atomic E-state index is 13.8. The molecule has 1 aromatic carbocycles. The molecule has 1 aromatic rings. The van der Waals surface area contributed by atoms with E-state index in [2.05, 4.69) is 17.2 Å². The van der Waals surface area contributed by atoms with Crippen molar-refractivity contribution in [2.45, 2.75) is 69.7 Å². The fourth-order valence-corrected chi connectivity index (χ4v) is 5.87. The zero-order chi connectivity index (χ0) is 24.6. The number of fused-ring (bicyclic) bond motifs is 4. The molecule has 0 aromatic heterocycles. The summed E-state index contributed by atoms with van der Waals surface area (Å²) < 4.78 is 6.10. The number of nitrogens with one attached hydrogen (secondary N) is 2. The average molecular weight is 466 g/mol. The third-order valence-corrected chi connectivity index (χ3v) is 7.97. The second-order valence-electron chi connectivity index (χ2n) is 10.8. The topological polar surface area (TPSA) is 108 Å². The molecular formula is C26H31N3O5. The maximum absolute atomic E-state index is 13.8. The molecule has 4 aliphatic heterocycles. The zero-order valence-electron chi connectivity index (χ0n) is 20.0. The standard InChI is InChI=1S/C26H31N3O5/c1-6-24(2,3)26(13-16-22(32)29-12-10-17(30)20(29)21(31)27-16)15-7-8-18-14(19(15)28-23(26)33)9-11-25(4,5)34-18/h6-9,11,16-17,20,30H,1,10,12-13H2,2-5H3,(H,27,31)(H,28,33)/t16-,17+,20-,26-/m0/s1. The van der Waals surface area contributed by atoms with Crippen molar-refractivity contribution >= 4 is 29.5 Å². The summed E-state index contributed by atoms with van der Waals surface area (Å²) in [6, 6.07) is 1.98. The Balaban J connectivity index is 1.61. The van der Waals surface area contributed by atoms with E-state index in [1.807, 2.05) is 52.0 Å². The number of aliphatic hydroxyl groups excluding tert-OH is 1. The molecule has 3 N–H and O–H groups in total. The van der Waals surface area contributed by atoms with Gasteiger partial charge in [0.05, 0.1) is 17.2 Å². The molecule has 5 rings (SSSR count). The molecule has 0 radical (unpaired) electrons. The van der Waals surface area contributed by atoms with E-state index in [1.165, 1.54) is 4.90 Å². The van der Waals surface area contributed by atoms with Crippen molar-refractivity contribution in [1.29, 1.82) is 0 Å². The molecule has 8 heteroatoms. The van der Waals surface area contributed by atoms with E-state index in [4.69, 9.17) is 4.74 Å². The molecule has 2 saturated heterocycles. The van der Waals surface area contributed by atoms with Crippen LogP contribution >= 0.6 is 0 Å². The van der Waals surface area contributed by atoms with Crippen molar-refractivity contribution in [2.24, 2.45) is 5.41 Å². The van der Waals surface area contributed by atoms with Crippen LogP contribution in [0, 0.1) is 5.41 Å². The van der Waals surface area contributed by atoms with Gasteiger partial charge in [0.2, 0.25) is 17.7 Å². The number of allylic oxidation sites excluding steroid dienone is 1. The van der Waals surface area contributed by atoms with Crippen LogP contribution in [0.4, 0.5) is 5.69 Å². The van der Waals surface area contributed by atoms with Crippen molar-refractivity contribution < 1.29 is 24.2 Å². The molecule has 2 fully saturated rings. The summed E-state index contributed by atoms with van der Waals surface area (Å²) >= 11 is 0. The molecule has 0 spiro atoms. The summed E-state index contributed by atoms with van der Waals surface area (Å²) in [4.78, 5) is 41.4. The largest absolute Gasteiger partial charge is 0.483 e. The van der Waals surface area contributed by atoms with E-state index in [1.54, 1.807) is 6.08 Å². The van der Waals surface area contributed by atoms with Crippen molar-refractivity contribution in [3.63, 3.8) is 0 Å². The number of carbonyl (C=O) groups excluding carboxylic acids is 3. The number of benzene rings is 1. The van der Waals surface area contributed by atoms with Gasteiger partial charge in [0.15, 0.2) is 0 Å². The Kier molecular flexibility index (Phi) is 4.79. The van der Waals surface area contributed by atoms with Crippen LogP contribution in [0.2, 0.25) is 0 Å². The second-order valence-corrected chi connectivity index (χ2v) is 10.8. The number of anilines is 1. The van der Waals surface area contributed by atoms with Gasteiger partial charge in [0.1, 0.15) is 23.4 Å². The smallest absolute Gasteiger partial charge is 0.246 e. The average Bonchev–Trinajstić information content (AvgIpc) is 3.29. The highest BCUT2D eigenvalue weighted by atomic mass is 16.5. The van der Waals surface area contributed by atoms with Crippen LogP contribution in [0.3, 0.4) is 0 Å². The molecule has 0 bridgehead atoms. The number of hydrogen-bond acceptors (Lipinski definition) is 5. The lowest BCUT2D eigenvalue weighted by atomic mass is 9.59. The van der Waals surface area contributed by atoms with Crippen LogP contribution in [-0.4, -0.2) is 58.1 Å². The molecule has 180 valence electrons. The number of hydrogen-bond donors (Lipinski definition) is 3. The first-order valence-corrected chi connectivity index (χ1v) is 11.7. The molecule has 4 atom stereocenters. The second kappa shape index (κ2) is 7.18. The van der Waals surface area contributed by atoms with Crippen molar-refractivity contribution in [2.75, 3.05) is 11.9 Å². The molecule has 0 saturated carbocycles. The summed E-state index contributed by atoms with van der Waals surface area (Å²) in [5.74, 6) is -0.229. The highest BCUT2D eigenvalue weighted by molar-refractivity contribution is 6.10. The van der Waals surface area contributed by atoms with Gasteiger partial charge in [-0.2, -0.15) is 0 Å². The van der Waals surface area contributed by atoms with E-state index < -0.39 is 34.6 Å². The highest BCUT2D eigenvalue weighted by Crippen LogP contribution is 2.55. The summed E-state index contributed by atoms with van der Waals surface area (Å²) in [6.45, 7) is 12.1. The lowest BCUT2D eigenvalue weighted by Crippen LogP contribution is -2.65. The van der Waals surface area contributed by atoms with Crippen LogP contribution in [0.5, 0.6) is 5.75 Å². The Bertz CT molecular complexity index is 1150. The molecule has 8 nitrogen and oxygen atoms in total. The monoisotopic (exact) mass is 465 g/mol. The molecule has 4 heterocycles. The minimum Gasteiger partial charge on any atom is -0.483 e. The Hall–Kier alpha value is -3.13. The van der Waals surface area contributed by atoms with Crippen molar-refractivity contribution in [1.82, 2.24) is 10.2 Å². The third kappa shape index (κ3) is 2.97. The summed E-state index contributed by atoms with van der Waals surface area (Å²) in [5, 5.41) is 16.0. The van der Waals surface area contributed by atoms with E-state index >= 15 is 0 Å². The Morgan fingerprint density at radius 3 is 2.74 bits per heavy atom. The van der Waals surface area contributed by atoms with Crippen LogP contribution in [-0.2, 0) is 19.8 Å². The SMILES string of the molecule is C=CC(C)(C)[C@]1(C[C@@H]2NC(=O)[C@@H]3[C@H](O)CCN3C2=O)C(=O)Nc2c1ccc1c2C=CC(C)(C)O1. The Labute approximate surface area is 199 Å². The number of amides is 3. The van der Waals surface area contributed by atoms with Crippen LogP contribution < -0.4 is 15.4 Å². The Morgan fingerprint density at radius 1 is 1.29 bits per heavy atom. The number of rotatable bonds is 4. The normalized spacial score (nSPS) is 31.3. The summed E-state index contributed by atoms with van der Waals surface area (Å²) in [7, 11) is 0. The number of piperazine rings is 1. The molecule has 4 aliphatic rings. The molecule has 0 aliphatic carbocycles. The fourth-order valence-electron chi connectivity index (χ4n) is 5.87. The molecule has 34 heavy (non-hydrogen) atoms. The van der Waals surface area contributed by atoms with Gasteiger partial charge in [-0.15, -0.1) is 6.58 Å². The van der Waals surface area contributed by atoms with Crippen LogP contribution in [0.15, 0.2) is 30.9 Å². The van der Waals surface area contributed by atoms with Gasteiger partial charge in [-0.3, -0.25) is 14.4 Å². The summed E-state index contributed by atoms with van der Waals surface area (Å²) in [6.07, 6.45) is 5.19. The van der Waals surface area contributed by atoms with Gasteiger partial charge >= 0.3 is 0 Å². The predicted molar refractivity (Wildman–Crippen MR) is 127 cm³/mol. The minimum absolute atomic E-state index is 0.0730. The predicted octanol–water partition coefficient (Wildman–Crippen LogP) is 2.12. The van der Waals surface area contributed by atoms with Crippen molar-refractivity contribution in [3.05, 3.63) is 42.0 Å². The highest BCUT2D eigenvalue weighted by Gasteiger charge is 2.59. The van der Waals surface area contributed by atoms with Gasteiger partial charge in [0.25, 0.3) is 0 Å². The van der Waals surface area contributed by atoms with Gasteiger partial charge in [0, 0.05) is 17.5 Å². The third-order valence-electron chi connectivity index (χ3n) is 7.97. The maximum Gasteiger partial charge on any atom is 0.246 e. The number of carbonyl (C=O) groups is 3. The van der Waals surface area contributed by atoms with E-state index in [-0.39, 0.29) is 24.1 Å². The Morgan fingerprint density at radius 2 is 2.03 bits per heavy atom. The first-order chi connectivity index (χ1) is 15.9. The lowest BCUT2D eigenvalue weighted by Gasteiger charge is -2.45. The zero-order valence-corrected chi connectivity index (χ0v) is 20.0. The van der Waals surface area contributed by atoms with Gasteiger partial charge in [-0.1, -0.05) is 26.0 Å². The molecule has 0 unspecified atom stereocenters. The van der Waals surface area contributed by atoms with Crippen LogP contribution in [0.25, 0.3) is 6.08 Å². The number of nitrogens with zero attached hydrogens (tertiary/aromatic N) is 1. The molecular weight excluding hydrogens is 434 g/mol. The summed E-state index contributed by atoms with van der Waals surface area (Å²) in [5.41, 5.74) is -0.168. The van der Waals surface area contributed by atoms with Crippen molar-refractivity contribution in [3.8, 4) is 5.75 Å². The quantitative estimate of drug-likeness (QED) is 0.591. The lowest BCUT2D eigenvalue weighted by molar-refractivity contribution is -0.150. The molecule has 3 amide bonds. The van der Waals surface area contributed by atoms with Crippen LogP contribution in [0.1, 0.15) is 51.7 Å². The van der Waals surface area contributed by atoms with Gasteiger partial charge in [-0.25, -0.2) is 0 Å². The van der Waals surface area contributed by atoms with Gasteiger partial charge in [-0.05, 0) is 50.5 Å². The van der Waals surface area contributed by atoms with E-state index in [0.717, 1.165) is 11.1 Å².